The molecule has 2 radical (unpaired) electrons. The van der Waals surface area contributed by atoms with Gasteiger partial charge in [0.25, 0.3) is 0 Å². The molecule has 0 aliphatic rings. The lowest BCUT2D eigenvalue weighted by Gasteiger charge is -1.97. The van der Waals surface area contributed by atoms with Crippen LogP contribution in [0.2, 0.25) is 0 Å². The first-order chi connectivity index (χ1) is 4.81. The SMILES string of the molecule is [B]NCCCC(=O)CCC. The molecule has 0 heterocycles. The van der Waals surface area contributed by atoms with Crippen molar-refractivity contribution in [2.45, 2.75) is 32.6 Å². The zero-order valence-electron chi connectivity index (χ0n) is 6.52. The van der Waals surface area contributed by atoms with E-state index in [9.17, 15) is 4.79 Å². The molecule has 0 rings (SSSR count). The fraction of sp³-hybridized carbons (Fsp3) is 0.857. The third-order valence-electron chi connectivity index (χ3n) is 1.31. The predicted molar refractivity (Wildman–Crippen MR) is 42.9 cm³/mol. The molecule has 0 aromatic rings. The lowest BCUT2D eigenvalue weighted by molar-refractivity contribution is -0.119. The molecule has 0 spiro atoms. The van der Waals surface area contributed by atoms with Crippen LogP contribution < -0.4 is 5.23 Å². The largest absolute Gasteiger partial charge is 0.366 e. The van der Waals surface area contributed by atoms with Gasteiger partial charge in [-0.3, -0.25) is 4.79 Å². The van der Waals surface area contributed by atoms with Gasteiger partial charge in [0.1, 0.15) is 5.78 Å². The summed E-state index contributed by atoms with van der Waals surface area (Å²) >= 11 is 0. The monoisotopic (exact) mass is 139 g/mol. The molecule has 0 aliphatic carbocycles. The number of nitrogens with one attached hydrogen (secondary N) is 1. The zero-order valence-corrected chi connectivity index (χ0v) is 6.52. The quantitative estimate of drug-likeness (QED) is 0.435. The average Bonchev–Trinajstić information content (AvgIpc) is 1.89. The normalized spacial score (nSPS) is 9.70. The lowest BCUT2D eigenvalue weighted by Crippen LogP contribution is -2.11. The van der Waals surface area contributed by atoms with Gasteiger partial charge in [0.15, 0.2) is 7.98 Å². The lowest BCUT2D eigenvalue weighted by atomic mass is 10.1. The van der Waals surface area contributed by atoms with E-state index in [0.29, 0.717) is 18.6 Å². The van der Waals surface area contributed by atoms with Crippen LogP contribution in [0.15, 0.2) is 0 Å². The Labute approximate surface area is 63.8 Å². The molecule has 0 aromatic carbocycles. The van der Waals surface area contributed by atoms with Gasteiger partial charge in [-0.1, -0.05) is 6.92 Å². The minimum Gasteiger partial charge on any atom is -0.366 e. The van der Waals surface area contributed by atoms with E-state index in [0.717, 1.165) is 19.4 Å². The van der Waals surface area contributed by atoms with Gasteiger partial charge in [-0.15, -0.1) is 0 Å². The highest BCUT2D eigenvalue weighted by Crippen LogP contribution is 1.96. The summed E-state index contributed by atoms with van der Waals surface area (Å²) in [5.74, 6) is 0.345. The summed E-state index contributed by atoms with van der Waals surface area (Å²) < 4.78 is 0. The van der Waals surface area contributed by atoms with E-state index >= 15 is 0 Å². The smallest absolute Gasteiger partial charge is 0.177 e. The van der Waals surface area contributed by atoms with Crippen LogP contribution in [0.1, 0.15) is 32.6 Å². The highest BCUT2D eigenvalue weighted by molar-refractivity contribution is 6.04. The second-order valence-corrected chi connectivity index (χ2v) is 2.35. The van der Waals surface area contributed by atoms with Crippen LogP contribution in [0, 0.1) is 0 Å². The Morgan fingerprint density at radius 1 is 1.50 bits per heavy atom. The van der Waals surface area contributed by atoms with Crippen LogP contribution in [0.3, 0.4) is 0 Å². The van der Waals surface area contributed by atoms with Crippen molar-refractivity contribution >= 4 is 13.8 Å². The molecule has 1 N–H and O–H groups in total. The van der Waals surface area contributed by atoms with E-state index in [1.165, 1.54) is 0 Å². The molecule has 0 amide bonds. The van der Waals surface area contributed by atoms with E-state index in [4.69, 9.17) is 7.98 Å². The van der Waals surface area contributed by atoms with Crippen molar-refractivity contribution in [2.24, 2.45) is 0 Å². The van der Waals surface area contributed by atoms with Crippen molar-refractivity contribution < 1.29 is 4.79 Å². The minimum atomic E-state index is 0.345. The third kappa shape index (κ3) is 5.82. The van der Waals surface area contributed by atoms with E-state index in [1.807, 2.05) is 6.92 Å². The van der Waals surface area contributed by atoms with Crippen molar-refractivity contribution in [2.75, 3.05) is 6.54 Å². The molecule has 0 bridgehead atoms. The summed E-state index contributed by atoms with van der Waals surface area (Å²) in [6.45, 7) is 2.74. The van der Waals surface area contributed by atoms with Crippen LogP contribution in [0.25, 0.3) is 0 Å². The van der Waals surface area contributed by atoms with E-state index < -0.39 is 0 Å². The second kappa shape index (κ2) is 6.81. The number of carbonyl (C=O) groups excluding carboxylic acids is 1. The predicted octanol–water partition coefficient (Wildman–Crippen LogP) is 0.809. The molecular weight excluding hydrogens is 125 g/mol. The summed E-state index contributed by atoms with van der Waals surface area (Å²) in [6, 6.07) is 0. The van der Waals surface area contributed by atoms with Gasteiger partial charge in [-0.2, -0.15) is 0 Å². The van der Waals surface area contributed by atoms with Gasteiger partial charge >= 0.3 is 0 Å². The Bertz CT molecular complexity index is 95.6. The Balaban J connectivity index is 3.05. The fourth-order valence-electron chi connectivity index (χ4n) is 0.791. The topological polar surface area (TPSA) is 29.1 Å². The first-order valence-electron chi connectivity index (χ1n) is 3.76. The summed E-state index contributed by atoms with van der Waals surface area (Å²) in [5.41, 5.74) is 0. The molecule has 0 fully saturated rings. The number of Topliss-reactive ketones (excluding diaryl/α,β-unsaturated/α-hetero) is 1. The number of ketones is 1. The molecule has 10 heavy (non-hydrogen) atoms. The van der Waals surface area contributed by atoms with Crippen molar-refractivity contribution in [1.82, 2.24) is 5.23 Å². The molecular formula is C7H14BNO. The van der Waals surface area contributed by atoms with Crippen LogP contribution in [0.5, 0.6) is 0 Å². The molecule has 0 atom stereocenters. The first kappa shape index (κ1) is 9.69. The van der Waals surface area contributed by atoms with Gasteiger partial charge in [0.2, 0.25) is 0 Å². The summed E-state index contributed by atoms with van der Waals surface area (Å²) in [5, 5.41) is 2.51. The number of hydrogen-bond donors (Lipinski definition) is 1. The van der Waals surface area contributed by atoms with Gasteiger partial charge in [0, 0.05) is 12.8 Å². The first-order valence-corrected chi connectivity index (χ1v) is 3.76. The highest BCUT2D eigenvalue weighted by atomic mass is 16.1. The van der Waals surface area contributed by atoms with Crippen molar-refractivity contribution in [3.63, 3.8) is 0 Å². The van der Waals surface area contributed by atoms with Gasteiger partial charge in [-0.25, -0.2) is 0 Å². The fourth-order valence-corrected chi connectivity index (χ4v) is 0.791. The molecule has 3 heteroatoms. The van der Waals surface area contributed by atoms with Crippen LogP contribution >= 0.6 is 0 Å². The highest BCUT2D eigenvalue weighted by Gasteiger charge is 1.97. The number of carbonyl (C=O) groups is 1. The van der Waals surface area contributed by atoms with Gasteiger partial charge in [0.05, 0.1) is 0 Å². The van der Waals surface area contributed by atoms with Crippen LogP contribution in [-0.2, 0) is 4.79 Å². The second-order valence-electron chi connectivity index (χ2n) is 2.35. The van der Waals surface area contributed by atoms with Crippen LogP contribution in [-0.4, -0.2) is 20.3 Å². The average molecular weight is 139 g/mol. The molecule has 56 valence electrons. The van der Waals surface area contributed by atoms with E-state index in [1.54, 1.807) is 0 Å². The van der Waals surface area contributed by atoms with Crippen molar-refractivity contribution in [3.05, 3.63) is 0 Å². The standard InChI is InChI=1S/C7H14BNO/c1-2-4-7(10)5-3-6-9-8/h9H,2-6H2,1H3. The maximum Gasteiger partial charge on any atom is 0.177 e. The molecule has 0 saturated carbocycles. The molecule has 0 aromatic heterocycles. The summed E-state index contributed by atoms with van der Waals surface area (Å²) in [7, 11) is 5.03. The van der Waals surface area contributed by atoms with Crippen molar-refractivity contribution in [3.8, 4) is 0 Å². The minimum absolute atomic E-state index is 0.345. The Morgan fingerprint density at radius 3 is 2.70 bits per heavy atom. The maximum atomic E-state index is 10.8. The summed E-state index contributed by atoms with van der Waals surface area (Å²) in [6.07, 6.45) is 3.19. The Kier molecular flexibility index (Phi) is 6.60. The number of rotatable bonds is 6. The van der Waals surface area contributed by atoms with Gasteiger partial charge in [-0.05, 0) is 19.4 Å². The Morgan fingerprint density at radius 2 is 2.20 bits per heavy atom. The Hall–Kier alpha value is -0.305. The van der Waals surface area contributed by atoms with Crippen molar-refractivity contribution in [1.29, 1.82) is 0 Å². The van der Waals surface area contributed by atoms with E-state index in [2.05, 4.69) is 5.23 Å². The third-order valence-corrected chi connectivity index (χ3v) is 1.31. The molecule has 0 unspecified atom stereocenters. The molecule has 2 nitrogen and oxygen atoms in total. The van der Waals surface area contributed by atoms with Crippen LogP contribution in [0.4, 0.5) is 0 Å². The maximum absolute atomic E-state index is 10.8. The van der Waals surface area contributed by atoms with Gasteiger partial charge < -0.3 is 5.23 Å². The van der Waals surface area contributed by atoms with E-state index in [-0.39, 0.29) is 0 Å². The summed E-state index contributed by atoms with van der Waals surface area (Å²) in [4.78, 5) is 10.8. The zero-order chi connectivity index (χ0) is 7.82. The molecule has 0 saturated heterocycles. The number of hydrogen-bond acceptors (Lipinski definition) is 2. The molecule has 0 aliphatic heterocycles.